The average Bonchev–Trinajstić information content (AvgIpc) is 2.84. The van der Waals surface area contributed by atoms with Gasteiger partial charge >= 0.3 is 0 Å². The van der Waals surface area contributed by atoms with E-state index < -0.39 is 35.8 Å². The van der Waals surface area contributed by atoms with Crippen molar-refractivity contribution < 1.29 is 23.2 Å². The molecule has 1 amide bonds. The van der Waals surface area contributed by atoms with Crippen molar-refractivity contribution in [3.63, 3.8) is 0 Å². The van der Waals surface area contributed by atoms with Gasteiger partial charge in [0.2, 0.25) is 5.91 Å². The second-order valence-corrected chi connectivity index (χ2v) is 4.96. The number of hydrogen-bond donors (Lipinski definition) is 2. The van der Waals surface area contributed by atoms with Crippen LogP contribution in [0.2, 0.25) is 0 Å². The second kappa shape index (κ2) is 6.22. The first kappa shape index (κ1) is 16.1. The zero-order valence-electron chi connectivity index (χ0n) is 11.8. The Morgan fingerprint density at radius 1 is 1.59 bits per heavy atom. The van der Waals surface area contributed by atoms with Gasteiger partial charge in [0.15, 0.2) is 0 Å². The number of carbonyl (C=O) groups excluding carboxylic acids is 1. The summed E-state index contributed by atoms with van der Waals surface area (Å²) in [6.45, 7) is -0.585. The standard InChI is InChI=1S/C13H15F2N3O4/c1-22-11-3-2-9(18(20)21)4-8(11)6-16-12(19)10-5-13(14,15)7-17-10/h2-4,10,17H,5-7H2,1H3,(H,16,19). The lowest BCUT2D eigenvalue weighted by atomic mass is 10.1. The molecule has 9 heteroatoms. The third kappa shape index (κ3) is 3.67. The highest BCUT2D eigenvalue weighted by Gasteiger charge is 2.42. The normalized spacial score (nSPS) is 19.7. The topological polar surface area (TPSA) is 93.5 Å². The van der Waals surface area contributed by atoms with Gasteiger partial charge in [-0.2, -0.15) is 0 Å². The summed E-state index contributed by atoms with van der Waals surface area (Å²) in [5.41, 5.74) is 0.255. The SMILES string of the molecule is COc1ccc([N+](=O)[O-])cc1CNC(=O)C1CC(F)(F)CN1. The first-order valence-electron chi connectivity index (χ1n) is 6.52. The molecule has 1 unspecified atom stereocenters. The van der Waals surface area contributed by atoms with E-state index >= 15 is 0 Å². The van der Waals surface area contributed by atoms with E-state index in [2.05, 4.69) is 10.6 Å². The van der Waals surface area contributed by atoms with Crippen molar-refractivity contribution in [2.24, 2.45) is 0 Å². The molecule has 22 heavy (non-hydrogen) atoms. The Balaban J connectivity index is 2.03. The maximum atomic E-state index is 13.0. The first-order valence-corrected chi connectivity index (χ1v) is 6.52. The number of methoxy groups -OCH3 is 1. The summed E-state index contributed by atoms with van der Waals surface area (Å²) in [5.74, 6) is -3.10. The van der Waals surface area contributed by atoms with Gasteiger partial charge in [-0.1, -0.05) is 0 Å². The number of benzene rings is 1. The van der Waals surface area contributed by atoms with E-state index in [1.54, 1.807) is 0 Å². The molecule has 1 aromatic carbocycles. The van der Waals surface area contributed by atoms with Gasteiger partial charge in [0.1, 0.15) is 5.75 Å². The molecule has 0 saturated carbocycles. The molecule has 1 aliphatic rings. The van der Waals surface area contributed by atoms with Crippen LogP contribution >= 0.6 is 0 Å². The number of ether oxygens (including phenoxy) is 1. The summed E-state index contributed by atoms with van der Waals surface area (Å²) in [5, 5.41) is 15.7. The lowest BCUT2D eigenvalue weighted by Crippen LogP contribution is -2.40. The molecular formula is C13H15F2N3O4. The van der Waals surface area contributed by atoms with Crippen molar-refractivity contribution in [2.75, 3.05) is 13.7 Å². The lowest BCUT2D eigenvalue weighted by molar-refractivity contribution is -0.384. The van der Waals surface area contributed by atoms with Crippen molar-refractivity contribution in [1.29, 1.82) is 0 Å². The Hall–Kier alpha value is -2.29. The number of alkyl halides is 2. The third-order valence-corrected chi connectivity index (χ3v) is 3.35. The van der Waals surface area contributed by atoms with Crippen LogP contribution in [0, 0.1) is 10.1 Å². The number of hydrogen-bond acceptors (Lipinski definition) is 5. The van der Waals surface area contributed by atoms with Gasteiger partial charge in [0, 0.05) is 30.7 Å². The molecule has 0 aromatic heterocycles. The van der Waals surface area contributed by atoms with Gasteiger partial charge in [-0.25, -0.2) is 8.78 Å². The first-order chi connectivity index (χ1) is 10.3. The summed E-state index contributed by atoms with van der Waals surface area (Å²) in [6, 6.07) is 3.00. The molecule has 1 aliphatic heterocycles. The van der Waals surface area contributed by atoms with Gasteiger partial charge in [0.25, 0.3) is 11.6 Å². The summed E-state index contributed by atoms with van der Waals surface area (Å²) in [7, 11) is 1.39. The number of rotatable bonds is 5. The summed E-state index contributed by atoms with van der Waals surface area (Å²) in [4.78, 5) is 22.0. The molecule has 0 aliphatic carbocycles. The minimum Gasteiger partial charge on any atom is -0.496 e. The van der Waals surface area contributed by atoms with Crippen LogP contribution < -0.4 is 15.4 Å². The van der Waals surface area contributed by atoms with E-state index in [-0.39, 0.29) is 12.2 Å². The summed E-state index contributed by atoms with van der Waals surface area (Å²) in [6.07, 6.45) is -0.565. The van der Waals surface area contributed by atoms with Crippen molar-refractivity contribution in [2.45, 2.75) is 24.9 Å². The Morgan fingerprint density at radius 2 is 2.32 bits per heavy atom. The molecule has 1 heterocycles. The summed E-state index contributed by atoms with van der Waals surface area (Å²) < 4.78 is 31.1. The van der Waals surface area contributed by atoms with Crippen LogP contribution in [0.3, 0.4) is 0 Å². The molecule has 120 valence electrons. The number of halogens is 2. The highest BCUT2D eigenvalue weighted by Crippen LogP contribution is 2.26. The molecule has 0 spiro atoms. The highest BCUT2D eigenvalue weighted by molar-refractivity contribution is 5.82. The van der Waals surface area contributed by atoms with Crippen LogP contribution in [-0.4, -0.2) is 36.4 Å². The fraction of sp³-hybridized carbons (Fsp3) is 0.462. The maximum absolute atomic E-state index is 13.0. The predicted molar refractivity (Wildman–Crippen MR) is 72.8 cm³/mol. The van der Waals surface area contributed by atoms with Crippen molar-refractivity contribution in [3.05, 3.63) is 33.9 Å². The molecule has 2 rings (SSSR count). The zero-order chi connectivity index (χ0) is 16.3. The van der Waals surface area contributed by atoms with Gasteiger partial charge in [-0.3, -0.25) is 20.2 Å². The second-order valence-electron chi connectivity index (χ2n) is 4.96. The molecule has 7 nitrogen and oxygen atoms in total. The van der Waals surface area contributed by atoms with Crippen molar-refractivity contribution in [1.82, 2.24) is 10.6 Å². The van der Waals surface area contributed by atoms with Crippen LogP contribution in [0.25, 0.3) is 0 Å². The van der Waals surface area contributed by atoms with Gasteiger partial charge in [0.05, 0.1) is 24.6 Å². The Labute approximate surface area is 124 Å². The lowest BCUT2D eigenvalue weighted by Gasteiger charge is -2.13. The van der Waals surface area contributed by atoms with E-state index in [4.69, 9.17) is 4.74 Å². The van der Waals surface area contributed by atoms with Crippen molar-refractivity contribution >= 4 is 11.6 Å². The smallest absolute Gasteiger partial charge is 0.270 e. The number of nitrogens with zero attached hydrogens (tertiary/aromatic N) is 1. The van der Waals surface area contributed by atoms with E-state index in [9.17, 15) is 23.7 Å². The Kier molecular flexibility index (Phi) is 4.55. The van der Waals surface area contributed by atoms with Crippen LogP contribution in [-0.2, 0) is 11.3 Å². The van der Waals surface area contributed by atoms with Crippen LogP contribution in [0.15, 0.2) is 18.2 Å². The number of nitro benzene ring substituents is 1. The van der Waals surface area contributed by atoms with Crippen LogP contribution in [0.5, 0.6) is 5.75 Å². The minimum absolute atomic E-state index is 0.0482. The molecule has 1 fully saturated rings. The minimum atomic E-state index is -2.90. The molecular weight excluding hydrogens is 300 g/mol. The Morgan fingerprint density at radius 3 is 2.86 bits per heavy atom. The fourth-order valence-electron chi connectivity index (χ4n) is 2.22. The number of carbonyl (C=O) groups is 1. The van der Waals surface area contributed by atoms with Gasteiger partial charge < -0.3 is 10.1 Å². The summed E-state index contributed by atoms with van der Waals surface area (Å²) >= 11 is 0. The largest absolute Gasteiger partial charge is 0.496 e. The monoisotopic (exact) mass is 315 g/mol. The maximum Gasteiger partial charge on any atom is 0.270 e. The van der Waals surface area contributed by atoms with Gasteiger partial charge in [-0.15, -0.1) is 0 Å². The number of non-ortho nitro benzene ring substituents is 1. The third-order valence-electron chi connectivity index (χ3n) is 3.35. The van der Waals surface area contributed by atoms with Crippen LogP contribution in [0.1, 0.15) is 12.0 Å². The molecule has 0 radical (unpaired) electrons. The molecule has 0 bridgehead atoms. The number of amides is 1. The zero-order valence-corrected chi connectivity index (χ0v) is 11.8. The van der Waals surface area contributed by atoms with E-state index in [0.717, 1.165) is 0 Å². The highest BCUT2D eigenvalue weighted by atomic mass is 19.3. The van der Waals surface area contributed by atoms with Crippen molar-refractivity contribution in [3.8, 4) is 5.75 Å². The molecule has 2 N–H and O–H groups in total. The van der Waals surface area contributed by atoms with Gasteiger partial charge in [-0.05, 0) is 6.07 Å². The van der Waals surface area contributed by atoms with E-state index in [0.29, 0.717) is 11.3 Å². The predicted octanol–water partition coefficient (Wildman–Crippen LogP) is 1.22. The van der Waals surface area contributed by atoms with E-state index in [1.165, 1.54) is 25.3 Å². The molecule has 1 atom stereocenters. The number of nitrogens with one attached hydrogen (secondary N) is 2. The molecule has 1 saturated heterocycles. The Bertz CT molecular complexity index is 595. The van der Waals surface area contributed by atoms with E-state index in [1.807, 2.05) is 0 Å². The quantitative estimate of drug-likeness (QED) is 0.629. The molecule has 1 aromatic rings. The van der Waals surface area contributed by atoms with Crippen LogP contribution in [0.4, 0.5) is 14.5 Å². The number of nitro groups is 1. The fourth-order valence-corrected chi connectivity index (χ4v) is 2.22. The average molecular weight is 315 g/mol.